The second kappa shape index (κ2) is 7.18. The van der Waals surface area contributed by atoms with Crippen molar-refractivity contribution in [2.24, 2.45) is 0 Å². The van der Waals surface area contributed by atoms with E-state index in [-0.39, 0.29) is 5.60 Å². The fourth-order valence-corrected chi connectivity index (χ4v) is 4.03. The lowest BCUT2D eigenvalue weighted by Gasteiger charge is -2.34. The molecule has 25 heavy (non-hydrogen) atoms. The van der Waals surface area contributed by atoms with Gasteiger partial charge < -0.3 is 10.1 Å². The van der Waals surface area contributed by atoms with Crippen LogP contribution in [0.5, 0.6) is 5.75 Å². The highest BCUT2D eigenvalue weighted by atomic mass is 16.5. The van der Waals surface area contributed by atoms with Crippen LogP contribution in [0.1, 0.15) is 37.3 Å². The Morgan fingerprint density at radius 1 is 1.12 bits per heavy atom. The Hall–Kier alpha value is -1.85. The van der Waals surface area contributed by atoms with E-state index >= 15 is 0 Å². The summed E-state index contributed by atoms with van der Waals surface area (Å²) < 4.78 is 8.36. The summed E-state index contributed by atoms with van der Waals surface area (Å²) in [7, 11) is 0. The Morgan fingerprint density at radius 2 is 1.96 bits per heavy atom. The molecule has 2 atom stereocenters. The first kappa shape index (κ1) is 16.6. The van der Waals surface area contributed by atoms with Crippen LogP contribution in [0.15, 0.2) is 36.7 Å². The fraction of sp³-hybridized carbons (Fsp3) is 0.550. The number of ether oxygens (including phenoxy) is 1. The first-order valence-corrected chi connectivity index (χ1v) is 9.47. The van der Waals surface area contributed by atoms with Gasteiger partial charge in [-0.25, -0.2) is 0 Å². The summed E-state index contributed by atoms with van der Waals surface area (Å²) in [4.78, 5) is 2.53. The average Bonchev–Trinajstić information content (AvgIpc) is 3.21. The molecule has 0 amide bonds. The van der Waals surface area contributed by atoms with Gasteiger partial charge in [0.25, 0.3) is 0 Å². The summed E-state index contributed by atoms with van der Waals surface area (Å²) in [5, 5.41) is 7.78. The van der Waals surface area contributed by atoms with E-state index in [9.17, 15) is 0 Å². The number of fused-ring (bicyclic) bond motifs is 2. The van der Waals surface area contributed by atoms with Gasteiger partial charge in [0.05, 0.1) is 6.20 Å². The minimum absolute atomic E-state index is 0.0669. The first-order chi connectivity index (χ1) is 12.2. The Bertz CT molecular complexity index is 692. The van der Waals surface area contributed by atoms with Crippen molar-refractivity contribution in [1.29, 1.82) is 0 Å². The molecule has 2 aromatic rings. The van der Waals surface area contributed by atoms with Crippen LogP contribution in [-0.4, -0.2) is 39.9 Å². The van der Waals surface area contributed by atoms with Crippen molar-refractivity contribution >= 4 is 0 Å². The number of rotatable bonds is 7. The summed E-state index contributed by atoms with van der Waals surface area (Å²) >= 11 is 0. The van der Waals surface area contributed by atoms with Crippen molar-refractivity contribution in [2.75, 3.05) is 19.6 Å². The van der Waals surface area contributed by atoms with E-state index in [2.05, 4.69) is 52.7 Å². The van der Waals surface area contributed by atoms with Gasteiger partial charge >= 0.3 is 0 Å². The van der Waals surface area contributed by atoms with Gasteiger partial charge in [-0.1, -0.05) is 12.1 Å². The molecule has 0 spiro atoms. The van der Waals surface area contributed by atoms with Gasteiger partial charge in [-0.05, 0) is 44.0 Å². The zero-order chi connectivity index (χ0) is 17.1. The van der Waals surface area contributed by atoms with Crippen LogP contribution in [0.25, 0.3) is 0 Å². The van der Waals surface area contributed by atoms with Gasteiger partial charge in [-0.2, -0.15) is 5.10 Å². The van der Waals surface area contributed by atoms with E-state index in [0.717, 1.165) is 31.9 Å². The van der Waals surface area contributed by atoms with Gasteiger partial charge in [-0.15, -0.1) is 0 Å². The van der Waals surface area contributed by atoms with Crippen molar-refractivity contribution in [3.8, 4) is 5.75 Å². The predicted molar refractivity (Wildman–Crippen MR) is 98.5 cm³/mol. The average molecular weight is 340 g/mol. The monoisotopic (exact) mass is 340 g/mol. The Balaban J connectivity index is 1.28. The minimum atomic E-state index is 0.0669. The van der Waals surface area contributed by atoms with E-state index in [0.29, 0.717) is 0 Å². The molecule has 3 heterocycles. The van der Waals surface area contributed by atoms with E-state index in [1.165, 1.54) is 43.5 Å². The molecular weight excluding hydrogens is 312 g/mol. The van der Waals surface area contributed by atoms with Crippen LogP contribution in [0.4, 0.5) is 0 Å². The standard InChI is InChI=1S/C20H28N4O/c1-2-24-15-18(14-22-24)13-21-12-17-4-6-19(7-5-17)25-20-8-3-10-23(16-20)11-9-20/h4-7,14-15,21H,2-3,8-13,16H2,1H3/t20-/m1/s1. The van der Waals surface area contributed by atoms with Crippen molar-refractivity contribution in [1.82, 2.24) is 20.0 Å². The third kappa shape index (κ3) is 3.88. The maximum Gasteiger partial charge on any atom is 0.123 e. The van der Waals surface area contributed by atoms with E-state index < -0.39 is 0 Å². The Labute approximate surface area is 150 Å². The number of aromatic nitrogens is 2. The highest BCUT2D eigenvalue weighted by molar-refractivity contribution is 5.28. The number of nitrogens with one attached hydrogen (secondary N) is 1. The maximum atomic E-state index is 6.40. The first-order valence-electron chi connectivity index (χ1n) is 9.47. The van der Waals surface area contributed by atoms with Crippen molar-refractivity contribution < 1.29 is 4.74 Å². The molecular formula is C20H28N4O. The molecule has 0 radical (unpaired) electrons. The summed E-state index contributed by atoms with van der Waals surface area (Å²) in [5.74, 6) is 1.01. The van der Waals surface area contributed by atoms with Gasteiger partial charge in [0.2, 0.25) is 0 Å². The SMILES string of the molecule is CCn1cc(CNCc2ccc(O[C@]34CCCN(CC3)C4)cc2)cn1. The second-order valence-electron chi connectivity index (χ2n) is 7.37. The van der Waals surface area contributed by atoms with Crippen LogP contribution >= 0.6 is 0 Å². The van der Waals surface area contributed by atoms with Gasteiger partial charge in [0.1, 0.15) is 11.4 Å². The quantitative estimate of drug-likeness (QED) is 0.842. The molecule has 4 rings (SSSR count). The molecule has 2 aliphatic rings. The lowest BCUT2D eigenvalue weighted by molar-refractivity contribution is 0.0453. The lowest BCUT2D eigenvalue weighted by Crippen LogP contribution is -2.43. The number of hydrogen-bond acceptors (Lipinski definition) is 4. The summed E-state index contributed by atoms with van der Waals surface area (Å²) in [6.07, 6.45) is 7.65. The Kier molecular flexibility index (Phi) is 4.77. The van der Waals surface area contributed by atoms with Gasteiger partial charge in [0, 0.05) is 50.9 Å². The zero-order valence-corrected chi connectivity index (χ0v) is 15.1. The van der Waals surface area contributed by atoms with E-state index in [4.69, 9.17) is 4.74 Å². The molecule has 2 bridgehead atoms. The normalized spacial score (nSPS) is 25.2. The van der Waals surface area contributed by atoms with Crippen molar-refractivity contribution in [3.05, 3.63) is 47.8 Å². The van der Waals surface area contributed by atoms with Gasteiger partial charge in [-0.3, -0.25) is 9.58 Å². The number of piperidine rings is 1. The highest BCUT2D eigenvalue weighted by Gasteiger charge is 2.42. The molecule has 2 fully saturated rings. The molecule has 1 N–H and O–H groups in total. The van der Waals surface area contributed by atoms with Crippen LogP contribution in [-0.2, 0) is 19.6 Å². The molecule has 5 heteroatoms. The number of benzene rings is 1. The van der Waals surface area contributed by atoms with Gasteiger partial charge in [0.15, 0.2) is 0 Å². The highest BCUT2D eigenvalue weighted by Crippen LogP contribution is 2.35. The minimum Gasteiger partial charge on any atom is -0.486 e. The van der Waals surface area contributed by atoms with E-state index in [1.54, 1.807) is 0 Å². The van der Waals surface area contributed by atoms with Crippen LogP contribution < -0.4 is 10.1 Å². The molecule has 0 aliphatic carbocycles. The number of aryl methyl sites for hydroxylation is 1. The van der Waals surface area contributed by atoms with Crippen LogP contribution in [0.2, 0.25) is 0 Å². The molecule has 2 aliphatic heterocycles. The topological polar surface area (TPSA) is 42.3 Å². The van der Waals surface area contributed by atoms with Crippen molar-refractivity contribution in [2.45, 2.75) is 51.4 Å². The molecule has 5 nitrogen and oxygen atoms in total. The third-order valence-corrected chi connectivity index (χ3v) is 5.43. The summed E-state index contributed by atoms with van der Waals surface area (Å²) in [5.41, 5.74) is 2.57. The zero-order valence-electron chi connectivity index (χ0n) is 15.1. The van der Waals surface area contributed by atoms with Crippen molar-refractivity contribution in [3.63, 3.8) is 0 Å². The number of hydrogen-bond donors (Lipinski definition) is 1. The van der Waals surface area contributed by atoms with E-state index in [1.807, 2.05) is 10.9 Å². The summed E-state index contributed by atoms with van der Waals surface area (Å²) in [6.45, 7) is 8.25. The third-order valence-electron chi connectivity index (χ3n) is 5.43. The molecule has 0 saturated carbocycles. The molecule has 134 valence electrons. The fourth-order valence-electron chi connectivity index (χ4n) is 4.03. The largest absolute Gasteiger partial charge is 0.486 e. The molecule has 1 aromatic heterocycles. The number of nitrogens with zero attached hydrogens (tertiary/aromatic N) is 3. The molecule has 2 saturated heterocycles. The summed E-state index contributed by atoms with van der Waals surface area (Å²) in [6, 6.07) is 8.59. The smallest absolute Gasteiger partial charge is 0.123 e. The molecule has 1 unspecified atom stereocenters. The predicted octanol–water partition coefficient (Wildman–Crippen LogP) is 2.81. The van der Waals surface area contributed by atoms with Crippen LogP contribution in [0, 0.1) is 0 Å². The van der Waals surface area contributed by atoms with Crippen LogP contribution in [0.3, 0.4) is 0 Å². The lowest BCUT2D eigenvalue weighted by atomic mass is 9.94. The Morgan fingerprint density at radius 3 is 2.76 bits per heavy atom. The maximum absolute atomic E-state index is 6.40. The second-order valence-corrected chi connectivity index (χ2v) is 7.37. The molecule has 1 aromatic carbocycles.